The lowest BCUT2D eigenvalue weighted by molar-refractivity contribution is -0.0544. The van der Waals surface area contributed by atoms with Gasteiger partial charge in [-0.2, -0.15) is 0 Å². The van der Waals surface area contributed by atoms with Crippen molar-refractivity contribution in [1.29, 1.82) is 0 Å². The maximum Gasteiger partial charge on any atom is 0.0927 e. The highest BCUT2D eigenvalue weighted by Gasteiger charge is 2.50. The third kappa shape index (κ3) is 1.59. The van der Waals surface area contributed by atoms with Gasteiger partial charge in [0.1, 0.15) is 0 Å². The Hall–Kier alpha value is -1.34. The largest absolute Gasteiger partial charge is 0.385 e. The number of fused-ring (bicyclic) bond motifs is 5. The van der Waals surface area contributed by atoms with Crippen molar-refractivity contribution in [3.8, 4) is 0 Å². The summed E-state index contributed by atoms with van der Waals surface area (Å²) in [5, 5.41) is 11.3. The molecular weight excluding hydrogens is 244 g/mol. The van der Waals surface area contributed by atoms with E-state index in [0.717, 1.165) is 19.3 Å². The number of aliphatic hydroxyl groups is 1. The summed E-state index contributed by atoms with van der Waals surface area (Å²) in [5.41, 5.74) is 3.86. The fourth-order valence-electron chi connectivity index (χ4n) is 4.87. The van der Waals surface area contributed by atoms with Crippen LogP contribution >= 0.6 is 0 Å². The highest BCUT2D eigenvalue weighted by molar-refractivity contribution is 5.42. The molecule has 4 unspecified atom stereocenters. The SMILES string of the molecule is Cc1cccc2c1C1CCC3C=CC=CC3(O)C1CC2. The lowest BCUT2D eigenvalue weighted by Crippen LogP contribution is -2.51. The molecule has 1 aromatic carbocycles. The van der Waals surface area contributed by atoms with E-state index in [1.54, 1.807) is 5.56 Å². The Balaban J connectivity index is 1.80. The second kappa shape index (κ2) is 4.33. The molecule has 1 heteroatoms. The molecule has 0 heterocycles. The standard InChI is InChI=1S/C19H22O/c1-13-5-4-6-14-8-11-17-16(18(13)14)10-9-15-7-2-3-12-19(15,17)20/h2-7,12,15-17,20H,8-11H2,1H3. The summed E-state index contributed by atoms with van der Waals surface area (Å²) in [6.07, 6.45) is 13.0. The molecule has 0 aromatic heterocycles. The van der Waals surface area contributed by atoms with Crippen molar-refractivity contribution in [3.05, 3.63) is 59.2 Å². The minimum atomic E-state index is -0.613. The first kappa shape index (κ1) is 12.4. The van der Waals surface area contributed by atoms with E-state index in [4.69, 9.17) is 0 Å². The predicted molar refractivity (Wildman–Crippen MR) is 81.7 cm³/mol. The van der Waals surface area contributed by atoms with E-state index >= 15 is 0 Å². The number of hydrogen-bond acceptors (Lipinski definition) is 1. The normalized spacial score (nSPS) is 38.0. The van der Waals surface area contributed by atoms with Crippen molar-refractivity contribution in [2.45, 2.75) is 44.1 Å². The first-order valence-corrected chi connectivity index (χ1v) is 7.87. The molecule has 3 aliphatic carbocycles. The van der Waals surface area contributed by atoms with Crippen molar-refractivity contribution < 1.29 is 5.11 Å². The van der Waals surface area contributed by atoms with Gasteiger partial charge in [0, 0.05) is 5.92 Å². The average Bonchev–Trinajstić information content (AvgIpc) is 2.46. The van der Waals surface area contributed by atoms with E-state index in [9.17, 15) is 5.11 Å². The van der Waals surface area contributed by atoms with Gasteiger partial charge in [0.05, 0.1) is 5.60 Å². The van der Waals surface area contributed by atoms with Crippen molar-refractivity contribution in [1.82, 2.24) is 0 Å². The minimum Gasteiger partial charge on any atom is -0.385 e. The second-order valence-corrected chi connectivity index (χ2v) is 6.71. The highest BCUT2D eigenvalue weighted by Crippen LogP contribution is 2.54. The molecule has 104 valence electrons. The van der Waals surface area contributed by atoms with Crippen LogP contribution in [0.4, 0.5) is 0 Å². The number of allylic oxidation sites excluding steroid dienone is 2. The number of aryl methyl sites for hydroxylation is 2. The van der Waals surface area contributed by atoms with Gasteiger partial charge in [0.25, 0.3) is 0 Å². The van der Waals surface area contributed by atoms with Gasteiger partial charge >= 0.3 is 0 Å². The monoisotopic (exact) mass is 266 g/mol. The molecule has 1 nitrogen and oxygen atoms in total. The Bertz CT molecular complexity index is 598. The van der Waals surface area contributed by atoms with Gasteiger partial charge in [-0.3, -0.25) is 0 Å². The van der Waals surface area contributed by atoms with Crippen molar-refractivity contribution in [3.63, 3.8) is 0 Å². The summed E-state index contributed by atoms with van der Waals surface area (Å²) < 4.78 is 0. The van der Waals surface area contributed by atoms with Crippen LogP contribution < -0.4 is 0 Å². The van der Waals surface area contributed by atoms with Crippen LogP contribution in [0.3, 0.4) is 0 Å². The Kier molecular flexibility index (Phi) is 2.68. The van der Waals surface area contributed by atoms with Crippen LogP contribution in [0.2, 0.25) is 0 Å². The van der Waals surface area contributed by atoms with Gasteiger partial charge in [0.15, 0.2) is 0 Å². The van der Waals surface area contributed by atoms with E-state index < -0.39 is 5.60 Å². The van der Waals surface area contributed by atoms with Crippen LogP contribution in [0.15, 0.2) is 42.5 Å². The minimum absolute atomic E-state index is 0.319. The van der Waals surface area contributed by atoms with E-state index in [0.29, 0.717) is 17.8 Å². The van der Waals surface area contributed by atoms with Crippen molar-refractivity contribution >= 4 is 0 Å². The molecule has 0 aliphatic heterocycles. The maximum absolute atomic E-state index is 11.3. The Morgan fingerprint density at radius 3 is 2.95 bits per heavy atom. The zero-order chi connectivity index (χ0) is 13.7. The topological polar surface area (TPSA) is 20.2 Å². The fourth-order valence-corrected chi connectivity index (χ4v) is 4.87. The van der Waals surface area contributed by atoms with E-state index in [1.165, 1.54) is 17.5 Å². The summed E-state index contributed by atoms with van der Waals surface area (Å²) in [7, 11) is 0. The van der Waals surface area contributed by atoms with Gasteiger partial charge in [-0.25, -0.2) is 0 Å². The fraction of sp³-hybridized carbons (Fsp3) is 0.474. The van der Waals surface area contributed by atoms with E-state index in [2.05, 4.69) is 43.4 Å². The lowest BCUT2D eigenvalue weighted by Gasteiger charge is -2.51. The smallest absolute Gasteiger partial charge is 0.0927 e. The quantitative estimate of drug-likeness (QED) is 0.755. The van der Waals surface area contributed by atoms with E-state index in [1.807, 2.05) is 6.08 Å². The lowest BCUT2D eigenvalue weighted by atomic mass is 9.56. The van der Waals surface area contributed by atoms with Crippen molar-refractivity contribution in [2.24, 2.45) is 11.8 Å². The molecule has 0 spiro atoms. The molecule has 1 fully saturated rings. The molecule has 3 aliphatic rings. The molecule has 0 amide bonds. The van der Waals surface area contributed by atoms with Gasteiger partial charge in [-0.1, -0.05) is 42.5 Å². The maximum atomic E-state index is 11.3. The Morgan fingerprint density at radius 1 is 1.15 bits per heavy atom. The van der Waals surface area contributed by atoms with Gasteiger partial charge < -0.3 is 5.11 Å². The number of rotatable bonds is 0. The third-order valence-corrected chi connectivity index (χ3v) is 5.79. The average molecular weight is 266 g/mol. The summed E-state index contributed by atoms with van der Waals surface area (Å²) in [4.78, 5) is 0. The summed E-state index contributed by atoms with van der Waals surface area (Å²) in [5.74, 6) is 1.24. The predicted octanol–water partition coefficient (Wildman–Crippen LogP) is 3.91. The number of hydrogen-bond donors (Lipinski definition) is 1. The highest BCUT2D eigenvalue weighted by atomic mass is 16.3. The molecule has 0 bridgehead atoms. The van der Waals surface area contributed by atoms with Crippen LogP contribution in [-0.2, 0) is 6.42 Å². The van der Waals surface area contributed by atoms with E-state index in [-0.39, 0.29) is 0 Å². The molecule has 1 aromatic rings. The van der Waals surface area contributed by atoms with Crippen LogP contribution in [0.5, 0.6) is 0 Å². The van der Waals surface area contributed by atoms with Crippen LogP contribution in [0.1, 0.15) is 41.9 Å². The molecule has 20 heavy (non-hydrogen) atoms. The Morgan fingerprint density at radius 2 is 2.05 bits per heavy atom. The van der Waals surface area contributed by atoms with Crippen LogP contribution in [0.25, 0.3) is 0 Å². The molecule has 1 saturated carbocycles. The van der Waals surface area contributed by atoms with Gasteiger partial charge in [0.2, 0.25) is 0 Å². The zero-order valence-corrected chi connectivity index (χ0v) is 12.0. The molecule has 1 N–H and O–H groups in total. The zero-order valence-electron chi connectivity index (χ0n) is 12.0. The first-order valence-electron chi connectivity index (χ1n) is 7.87. The van der Waals surface area contributed by atoms with Gasteiger partial charge in [-0.05, 0) is 61.1 Å². The molecule has 0 saturated heterocycles. The van der Waals surface area contributed by atoms with Crippen LogP contribution in [0, 0.1) is 18.8 Å². The van der Waals surface area contributed by atoms with Crippen LogP contribution in [-0.4, -0.2) is 10.7 Å². The first-order chi connectivity index (χ1) is 9.70. The number of benzene rings is 1. The van der Waals surface area contributed by atoms with Crippen molar-refractivity contribution in [2.75, 3.05) is 0 Å². The van der Waals surface area contributed by atoms with Gasteiger partial charge in [-0.15, -0.1) is 0 Å². The Labute approximate surface area is 121 Å². The molecule has 0 radical (unpaired) electrons. The molecular formula is C19H22O. The third-order valence-electron chi connectivity index (χ3n) is 5.79. The second-order valence-electron chi connectivity index (χ2n) is 6.71. The summed E-state index contributed by atoms with van der Waals surface area (Å²) in [6.45, 7) is 2.23. The summed E-state index contributed by atoms with van der Waals surface area (Å²) in [6, 6.07) is 6.69. The molecule has 4 atom stereocenters. The molecule has 4 rings (SSSR count). The summed E-state index contributed by atoms with van der Waals surface area (Å²) >= 11 is 0.